The highest BCUT2D eigenvalue weighted by molar-refractivity contribution is 7.17. The zero-order valence-corrected chi connectivity index (χ0v) is 19.5. The summed E-state index contributed by atoms with van der Waals surface area (Å²) in [7, 11) is 0. The molecule has 1 amide bonds. The summed E-state index contributed by atoms with van der Waals surface area (Å²) in [6.45, 7) is 6.11. The van der Waals surface area contributed by atoms with Crippen LogP contribution in [-0.4, -0.2) is 50.9 Å². The van der Waals surface area contributed by atoms with Crippen molar-refractivity contribution in [1.82, 2.24) is 14.9 Å². The van der Waals surface area contributed by atoms with Gasteiger partial charge in [-0.05, 0) is 38.5 Å². The van der Waals surface area contributed by atoms with Crippen LogP contribution in [0.3, 0.4) is 0 Å². The van der Waals surface area contributed by atoms with E-state index in [9.17, 15) is 14.7 Å². The molecule has 4 rings (SSSR count). The summed E-state index contributed by atoms with van der Waals surface area (Å²) in [6.07, 6.45) is 3.21. The van der Waals surface area contributed by atoms with Crippen molar-refractivity contribution >= 4 is 23.0 Å². The Morgan fingerprint density at radius 1 is 1.18 bits per heavy atom. The molecule has 2 aromatic heterocycles. The fraction of sp³-hybridized carbons (Fsp3) is 0.280. The van der Waals surface area contributed by atoms with E-state index in [1.165, 1.54) is 16.2 Å². The molecule has 8 heteroatoms. The van der Waals surface area contributed by atoms with Gasteiger partial charge in [0, 0.05) is 24.5 Å². The summed E-state index contributed by atoms with van der Waals surface area (Å²) in [5.41, 5.74) is 2.22. The normalized spacial score (nSPS) is 16.2. The maximum Gasteiger partial charge on any atom is 0.290 e. The lowest BCUT2D eigenvalue weighted by Gasteiger charge is -2.27. The number of thiazole rings is 1. The Balaban J connectivity index is 1.72. The number of carbonyl (C=O) groups excluding carboxylic acids is 2. The molecule has 0 radical (unpaired) electrons. The number of hydrogen-bond donors (Lipinski definition) is 1. The van der Waals surface area contributed by atoms with Crippen molar-refractivity contribution in [3.8, 4) is 10.6 Å². The van der Waals surface area contributed by atoms with Crippen LogP contribution in [-0.2, 0) is 9.53 Å². The number of aliphatic hydroxyl groups is 1. The summed E-state index contributed by atoms with van der Waals surface area (Å²) in [6, 6.07) is 12.4. The lowest BCUT2D eigenvalue weighted by Crippen LogP contribution is -2.34. The van der Waals surface area contributed by atoms with E-state index < -0.39 is 23.5 Å². The molecule has 3 heterocycles. The Morgan fingerprint density at radius 2 is 1.88 bits per heavy atom. The number of ketones is 1. The van der Waals surface area contributed by atoms with Gasteiger partial charge in [-0.2, -0.15) is 0 Å². The average Bonchev–Trinajstić information content (AvgIpc) is 3.32. The number of carbonyl (C=O) groups is 2. The third kappa shape index (κ3) is 4.58. The van der Waals surface area contributed by atoms with Gasteiger partial charge in [0.2, 0.25) is 5.78 Å². The van der Waals surface area contributed by atoms with Crippen molar-refractivity contribution in [1.29, 1.82) is 0 Å². The molecule has 33 heavy (non-hydrogen) atoms. The smallest absolute Gasteiger partial charge is 0.290 e. The monoisotopic (exact) mass is 463 g/mol. The minimum Gasteiger partial charge on any atom is -0.503 e. The van der Waals surface area contributed by atoms with E-state index in [1.807, 2.05) is 44.2 Å². The minimum atomic E-state index is -0.731. The van der Waals surface area contributed by atoms with Crippen molar-refractivity contribution in [2.24, 2.45) is 0 Å². The molecule has 0 aliphatic carbocycles. The number of aliphatic hydroxyl groups excluding tert-OH is 1. The van der Waals surface area contributed by atoms with E-state index in [0.717, 1.165) is 5.56 Å². The number of amides is 1. The van der Waals surface area contributed by atoms with E-state index in [1.54, 1.807) is 31.5 Å². The molecule has 0 saturated carbocycles. The molecule has 170 valence electrons. The fourth-order valence-corrected chi connectivity index (χ4v) is 4.85. The van der Waals surface area contributed by atoms with E-state index in [0.29, 0.717) is 21.1 Å². The van der Waals surface area contributed by atoms with Gasteiger partial charge in [-0.15, -0.1) is 11.3 Å². The van der Waals surface area contributed by atoms with Crippen LogP contribution >= 0.6 is 11.3 Å². The van der Waals surface area contributed by atoms with Crippen LogP contribution in [0.15, 0.2) is 66.2 Å². The molecule has 0 bridgehead atoms. The van der Waals surface area contributed by atoms with E-state index >= 15 is 0 Å². The quantitative estimate of drug-likeness (QED) is 0.494. The summed E-state index contributed by atoms with van der Waals surface area (Å²) in [5, 5.41) is 11.5. The predicted octanol–water partition coefficient (Wildman–Crippen LogP) is 4.52. The summed E-state index contributed by atoms with van der Waals surface area (Å²) < 4.78 is 5.62. The molecule has 1 atom stereocenters. The van der Waals surface area contributed by atoms with Crippen LogP contribution in [0.1, 0.15) is 40.8 Å². The number of aryl methyl sites for hydroxylation is 1. The highest BCUT2D eigenvalue weighted by Gasteiger charge is 2.44. The number of hydrogen-bond acceptors (Lipinski definition) is 7. The van der Waals surface area contributed by atoms with Crippen LogP contribution in [0.2, 0.25) is 0 Å². The Bertz CT molecular complexity index is 1190. The number of aromatic nitrogens is 2. The second kappa shape index (κ2) is 9.64. The fourth-order valence-electron chi connectivity index (χ4n) is 3.83. The maximum absolute atomic E-state index is 13.7. The molecule has 7 nitrogen and oxygen atoms in total. The number of pyridine rings is 1. The molecule has 0 saturated heterocycles. The van der Waals surface area contributed by atoms with Gasteiger partial charge in [-0.25, -0.2) is 4.98 Å². The van der Waals surface area contributed by atoms with Crippen LogP contribution in [0.4, 0.5) is 0 Å². The number of rotatable bonds is 8. The topological polar surface area (TPSA) is 92.6 Å². The lowest BCUT2D eigenvalue weighted by atomic mass is 9.96. The molecule has 1 aliphatic heterocycles. The first-order chi connectivity index (χ1) is 15.9. The van der Waals surface area contributed by atoms with Gasteiger partial charge in [0.15, 0.2) is 5.76 Å². The Labute approximate surface area is 196 Å². The molecular weight excluding hydrogens is 438 g/mol. The van der Waals surface area contributed by atoms with Gasteiger partial charge in [-0.1, -0.05) is 30.3 Å². The molecule has 0 spiro atoms. The molecule has 1 aliphatic rings. The first-order valence-electron chi connectivity index (χ1n) is 10.7. The van der Waals surface area contributed by atoms with Crippen LogP contribution in [0.5, 0.6) is 0 Å². The predicted molar refractivity (Wildman–Crippen MR) is 126 cm³/mol. The number of benzene rings is 1. The maximum atomic E-state index is 13.7. The minimum absolute atomic E-state index is 0.000916. The molecule has 0 fully saturated rings. The third-order valence-corrected chi connectivity index (χ3v) is 6.58. The van der Waals surface area contributed by atoms with Gasteiger partial charge in [0.05, 0.1) is 34.9 Å². The number of Topliss-reactive ketones (excluding diaryl/α,β-unsaturated/α-hetero) is 1. The van der Waals surface area contributed by atoms with Gasteiger partial charge < -0.3 is 14.7 Å². The van der Waals surface area contributed by atoms with Crippen molar-refractivity contribution < 1.29 is 19.4 Å². The SMILES string of the molecule is Cc1nc(-c2ccccc2)sc1C(=O)C1=C(O)C(=O)N(CCOC(C)C)C1c1ccncc1. The molecular formula is C25H25N3O4S. The zero-order chi connectivity index (χ0) is 23.5. The molecule has 3 aromatic rings. The van der Waals surface area contributed by atoms with E-state index in [4.69, 9.17) is 4.74 Å². The van der Waals surface area contributed by atoms with E-state index in [2.05, 4.69) is 9.97 Å². The lowest BCUT2D eigenvalue weighted by molar-refractivity contribution is -0.130. The van der Waals surface area contributed by atoms with Gasteiger partial charge in [0.1, 0.15) is 5.01 Å². The van der Waals surface area contributed by atoms with Crippen molar-refractivity contribution in [2.75, 3.05) is 13.2 Å². The largest absolute Gasteiger partial charge is 0.503 e. The summed E-state index contributed by atoms with van der Waals surface area (Å²) >= 11 is 1.26. The third-order valence-electron chi connectivity index (χ3n) is 5.38. The van der Waals surface area contributed by atoms with Gasteiger partial charge in [0.25, 0.3) is 5.91 Å². The second-order valence-electron chi connectivity index (χ2n) is 7.99. The van der Waals surface area contributed by atoms with Crippen molar-refractivity contribution in [2.45, 2.75) is 32.9 Å². The first-order valence-corrected chi connectivity index (χ1v) is 11.5. The van der Waals surface area contributed by atoms with Crippen molar-refractivity contribution in [3.63, 3.8) is 0 Å². The number of nitrogens with zero attached hydrogens (tertiary/aromatic N) is 3. The number of ether oxygens (including phenoxy) is 1. The summed E-state index contributed by atoms with van der Waals surface area (Å²) in [5.74, 6) is -1.51. The van der Waals surface area contributed by atoms with Crippen molar-refractivity contribution in [3.05, 3.63) is 82.3 Å². The molecule has 1 aromatic carbocycles. The highest BCUT2D eigenvalue weighted by atomic mass is 32.1. The standard InChI is InChI=1S/C25H25N3O4S/c1-15(2)32-14-13-28-20(17-9-11-26-12-10-17)19(22(30)25(28)31)21(29)23-16(3)27-24(33-23)18-7-5-4-6-8-18/h4-12,15,20,30H,13-14H2,1-3H3. The molecule has 1 N–H and O–H groups in total. The Morgan fingerprint density at radius 3 is 2.55 bits per heavy atom. The summed E-state index contributed by atoms with van der Waals surface area (Å²) in [4.78, 5) is 37.2. The average molecular weight is 464 g/mol. The van der Waals surface area contributed by atoms with Gasteiger partial charge in [-0.3, -0.25) is 14.6 Å². The van der Waals surface area contributed by atoms with Crippen LogP contribution < -0.4 is 0 Å². The zero-order valence-electron chi connectivity index (χ0n) is 18.7. The van der Waals surface area contributed by atoms with Crippen LogP contribution in [0.25, 0.3) is 10.6 Å². The van der Waals surface area contributed by atoms with Crippen LogP contribution in [0, 0.1) is 6.92 Å². The van der Waals surface area contributed by atoms with E-state index in [-0.39, 0.29) is 24.8 Å². The molecule has 1 unspecified atom stereocenters. The second-order valence-corrected chi connectivity index (χ2v) is 8.99. The first kappa shape index (κ1) is 22.8. The van der Waals surface area contributed by atoms with Gasteiger partial charge >= 0.3 is 0 Å². The highest BCUT2D eigenvalue weighted by Crippen LogP contribution is 2.40. The Kier molecular flexibility index (Phi) is 6.67. The Hall–Kier alpha value is -3.36.